The number of carbonyl (C=O) groups is 1. The Labute approximate surface area is 100.0 Å². The van der Waals surface area contributed by atoms with Gasteiger partial charge in [-0.05, 0) is 25.0 Å². The van der Waals surface area contributed by atoms with Crippen molar-refractivity contribution in [3.8, 4) is 5.75 Å². The van der Waals surface area contributed by atoms with Crippen molar-refractivity contribution in [1.29, 1.82) is 0 Å². The summed E-state index contributed by atoms with van der Waals surface area (Å²) in [6.07, 6.45) is 4.20. The molecule has 0 atom stereocenters. The Hall–Kier alpha value is -1.58. The molecule has 0 spiro atoms. The molecule has 1 saturated carbocycles. The third kappa shape index (κ3) is 2.57. The third-order valence-electron chi connectivity index (χ3n) is 3.11. The Morgan fingerprint density at radius 3 is 2.76 bits per heavy atom. The summed E-state index contributed by atoms with van der Waals surface area (Å²) in [6, 6.07) is 4.56. The largest absolute Gasteiger partial charge is 0.496 e. The van der Waals surface area contributed by atoms with E-state index in [1.807, 2.05) is 0 Å². The standard InChI is InChI=1S/C13H16FNO2/c1-17-11-8-4-7-10(14)12(11)13(16)15-9-5-2-3-6-9/h4,7-9H,2-3,5-6H2,1H3,(H,15,16). The van der Waals surface area contributed by atoms with Gasteiger partial charge in [-0.25, -0.2) is 4.39 Å². The van der Waals surface area contributed by atoms with E-state index in [1.165, 1.54) is 19.2 Å². The highest BCUT2D eigenvalue weighted by molar-refractivity contribution is 5.97. The van der Waals surface area contributed by atoms with E-state index in [0.29, 0.717) is 0 Å². The van der Waals surface area contributed by atoms with Crippen LogP contribution >= 0.6 is 0 Å². The molecule has 4 heteroatoms. The summed E-state index contributed by atoms with van der Waals surface area (Å²) in [4.78, 5) is 12.0. The Kier molecular flexibility index (Phi) is 3.61. The predicted molar refractivity (Wildman–Crippen MR) is 62.7 cm³/mol. The normalized spacial score (nSPS) is 15.9. The first kappa shape index (κ1) is 11.9. The Balaban J connectivity index is 2.17. The van der Waals surface area contributed by atoms with E-state index in [2.05, 4.69) is 5.32 Å². The molecule has 1 amide bonds. The summed E-state index contributed by atoms with van der Waals surface area (Å²) in [7, 11) is 1.43. The van der Waals surface area contributed by atoms with Gasteiger partial charge in [0.2, 0.25) is 0 Å². The molecule has 1 fully saturated rings. The van der Waals surface area contributed by atoms with Gasteiger partial charge in [0.1, 0.15) is 17.1 Å². The van der Waals surface area contributed by atoms with Gasteiger partial charge in [-0.2, -0.15) is 0 Å². The summed E-state index contributed by atoms with van der Waals surface area (Å²) >= 11 is 0. The number of nitrogens with one attached hydrogen (secondary N) is 1. The second-order valence-corrected chi connectivity index (χ2v) is 4.27. The zero-order chi connectivity index (χ0) is 12.3. The van der Waals surface area contributed by atoms with E-state index in [-0.39, 0.29) is 23.3 Å². The van der Waals surface area contributed by atoms with Crippen molar-refractivity contribution in [2.75, 3.05) is 7.11 Å². The number of amides is 1. The van der Waals surface area contributed by atoms with Gasteiger partial charge in [-0.15, -0.1) is 0 Å². The highest BCUT2D eigenvalue weighted by atomic mass is 19.1. The molecule has 0 saturated heterocycles. The van der Waals surface area contributed by atoms with Crippen molar-refractivity contribution in [3.63, 3.8) is 0 Å². The van der Waals surface area contributed by atoms with Crippen LogP contribution in [0.4, 0.5) is 4.39 Å². The smallest absolute Gasteiger partial charge is 0.258 e. The van der Waals surface area contributed by atoms with E-state index in [1.54, 1.807) is 6.07 Å². The molecule has 0 radical (unpaired) electrons. The van der Waals surface area contributed by atoms with Gasteiger partial charge < -0.3 is 10.1 Å². The monoisotopic (exact) mass is 237 g/mol. The second kappa shape index (κ2) is 5.17. The fourth-order valence-electron chi connectivity index (χ4n) is 2.22. The van der Waals surface area contributed by atoms with Crippen LogP contribution in [0.25, 0.3) is 0 Å². The van der Waals surface area contributed by atoms with E-state index in [0.717, 1.165) is 25.7 Å². The van der Waals surface area contributed by atoms with Crippen LogP contribution in [0.1, 0.15) is 36.0 Å². The molecule has 17 heavy (non-hydrogen) atoms. The van der Waals surface area contributed by atoms with E-state index in [4.69, 9.17) is 4.74 Å². The molecule has 0 bridgehead atoms. The molecule has 1 aromatic rings. The number of hydrogen-bond donors (Lipinski definition) is 1. The number of methoxy groups -OCH3 is 1. The molecule has 1 N–H and O–H groups in total. The van der Waals surface area contributed by atoms with Crippen LogP contribution in [0.15, 0.2) is 18.2 Å². The van der Waals surface area contributed by atoms with Crippen molar-refractivity contribution in [3.05, 3.63) is 29.6 Å². The third-order valence-corrected chi connectivity index (χ3v) is 3.11. The summed E-state index contributed by atoms with van der Waals surface area (Å²) in [5, 5.41) is 2.85. The molecule has 92 valence electrons. The molecule has 0 heterocycles. The molecular formula is C13H16FNO2. The molecule has 2 rings (SSSR count). The quantitative estimate of drug-likeness (QED) is 0.877. The van der Waals surface area contributed by atoms with Crippen molar-refractivity contribution < 1.29 is 13.9 Å². The zero-order valence-corrected chi connectivity index (χ0v) is 9.83. The minimum atomic E-state index is -0.542. The van der Waals surface area contributed by atoms with E-state index >= 15 is 0 Å². The maximum absolute atomic E-state index is 13.6. The van der Waals surface area contributed by atoms with Crippen molar-refractivity contribution >= 4 is 5.91 Å². The number of carbonyl (C=O) groups excluding carboxylic acids is 1. The van der Waals surface area contributed by atoms with Crippen LogP contribution in [0.3, 0.4) is 0 Å². The SMILES string of the molecule is COc1cccc(F)c1C(=O)NC1CCCC1. The zero-order valence-electron chi connectivity index (χ0n) is 9.83. The van der Waals surface area contributed by atoms with Crippen LogP contribution in [-0.4, -0.2) is 19.1 Å². The summed E-state index contributed by atoms with van der Waals surface area (Å²) < 4.78 is 18.6. The maximum atomic E-state index is 13.6. The van der Waals surface area contributed by atoms with Gasteiger partial charge >= 0.3 is 0 Å². The van der Waals surface area contributed by atoms with Gasteiger partial charge in [-0.1, -0.05) is 18.9 Å². The minimum absolute atomic E-state index is 0.00176. The highest BCUT2D eigenvalue weighted by Gasteiger charge is 2.22. The van der Waals surface area contributed by atoms with Crippen LogP contribution < -0.4 is 10.1 Å². The van der Waals surface area contributed by atoms with Crippen LogP contribution in [-0.2, 0) is 0 Å². The number of rotatable bonds is 3. The topological polar surface area (TPSA) is 38.3 Å². The average molecular weight is 237 g/mol. The second-order valence-electron chi connectivity index (χ2n) is 4.27. The van der Waals surface area contributed by atoms with Crippen LogP contribution in [0, 0.1) is 5.82 Å². The van der Waals surface area contributed by atoms with Crippen molar-refractivity contribution in [2.45, 2.75) is 31.7 Å². The van der Waals surface area contributed by atoms with Crippen molar-refractivity contribution in [1.82, 2.24) is 5.32 Å². The first-order chi connectivity index (χ1) is 8.22. The Bertz CT molecular complexity index is 414. The van der Waals surface area contributed by atoms with Gasteiger partial charge in [0, 0.05) is 6.04 Å². The molecule has 0 unspecified atom stereocenters. The molecule has 0 aromatic heterocycles. The number of benzene rings is 1. The lowest BCUT2D eigenvalue weighted by Crippen LogP contribution is -2.33. The lowest BCUT2D eigenvalue weighted by molar-refractivity contribution is 0.0930. The highest BCUT2D eigenvalue weighted by Crippen LogP contribution is 2.23. The number of ether oxygens (including phenoxy) is 1. The predicted octanol–water partition coefficient (Wildman–Crippen LogP) is 2.51. The lowest BCUT2D eigenvalue weighted by atomic mass is 10.1. The van der Waals surface area contributed by atoms with E-state index in [9.17, 15) is 9.18 Å². The maximum Gasteiger partial charge on any atom is 0.258 e. The van der Waals surface area contributed by atoms with Gasteiger partial charge in [-0.3, -0.25) is 4.79 Å². The summed E-state index contributed by atoms with van der Waals surface area (Å²) in [6.45, 7) is 0. The molecule has 1 aliphatic rings. The van der Waals surface area contributed by atoms with Crippen molar-refractivity contribution in [2.24, 2.45) is 0 Å². The van der Waals surface area contributed by atoms with Gasteiger partial charge in [0.15, 0.2) is 0 Å². The number of halogens is 1. The number of hydrogen-bond acceptors (Lipinski definition) is 2. The molecule has 1 aromatic carbocycles. The average Bonchev–Trinajstić information content (AvgIpc) is 2.81. The Morgan fingerprint density at radius 1 is 1.41 bits per heavy atom. The Morgan fingerprint density at radius 2 is 2.12 bits per heavy atom. The van der Waals surface area contributed by atoms with E-state index < -0.39 is 5.82 Å². The van der Waals surface area contributed by atoms with Crippen LogP contribution in [0.5, 0.6) is 5.75 Å². The van der Waals surface area contributed by atoms with Crippen LogP contribution in [0.2, 0.25) is 0 Å². The molecule has 1 aliphatic carbocycles. The molecular weight excluding hydrogens is 221 g/mol. The fourth-order valence-corrected chi connectivity index (χ4v) is 2.22. The minimum Gasteiger partial charge on any atom is -0.496 e. The first-order valence-corrected chi connectivity index (χ1v) is 5.85. The lowest BCUT2D eigenvalue weighted by Gasteiger charge is -2.14. The van der Waals surface area contributed by atoms with Gasteiger partial charge in [0.25, 0.3) is 5.91 Å². The summed E-state index contributed by atoms with van der Waals surface area (Å²) in [5.41, 5.74) is 0.00176. The first-order valence-electron chi connectivity index (χ1n) is 5.85. The summed E-state index contributed by atoms with van der Waals surface area (Å²) in [5.74, 6) is -0.646. The fraction of sp³-hybridized carbons (Fsp3) is 0.462. The molecule has 0 aliphatic heterocycles. The molecule has 3 nitrogen and oxygen atoms in total. The van der Waals surface area contributed by atoms with Gasteiger partial charge in [0.05, 0.1) is 7.11 Å².